The summed E-state index contributed by atoms with van der Waals surface area (Å²) in [5.74, 6) is -0.546. The standard InChI is InChI=1S/C23H21FN2O2/c24-18-10-8-17(9-11-18)22(27)25-19-12-14-26(15-13-19)23(28)21-7-3-5-16-4-1-2-6-20(16)21/h1-11,19H,12-15H2,(H,25,27). The Morgan fingerprint density at radius 1 is 0.893 bits per heavy atom. The number of benzene rings is 3. The smallest absolute Gasteiger partial charge is 0.254 e. The quantitative estimate of drug-likeness (QED) is 0.751. The highest BCUT2D eigenvalue weighted by Crippen LogP contribution is 2.22. The monoisotopic (exact) mass is 376 g/mol. The number of nitrogens with one attached hydrogen (secondary N) is 1. The SMILES string of the molecule is O=C(NC1CCN(C(=O)c2cccc3ccccc23)CC1)c1ccc(F)cc1. The van der Waals surface area contributed by atoms with E-state index in [-0.39, 0.29) is 23.7 Å². The number of halogens is 1. The minimum atomic E-state index is -0.364. The summed E-state index contributed by atoms with van der Waals surface area (Å²) in [5, 5.41) is 4.99. The van der Waals surface area contributed by atoms with Gasteiger partial charge in [-0.3, -0.25) is 9.59 Å². The van der Waals surface area contributed by atoms with E-state index in [1.54, 1.807) is 0 Å². The Hall–Kier alpha value is -3.21. The van der Waals surface area contributed by atoms with Crippen LogP contribution in [0.5, 0.6) is 0 Å². The summed E-state index contributed by atoms with van der Waals surface area (Å²) in [4.78, 5) is 27.1. The summed E-state index contributed by atoms with van der Waals surface area (Å²) < 4.78 is 13.0. The van der Waals surface area contributed by atoms with Crippen molar-refractivity contribution in [1.29, 1.82) is 0 Å². The zero-order valence-electron chi connectivity index (χ0n) is 15.4. The molecule has 0 aliphatic carbocycles. The molecule has 3 aromatic rings. The number of carbonyl (C=O) groups excluding carboxylic acids is 2. The van der Waals surface area contributed by atoms with Crippen LogP contribution in [0.2, 0.25) is 0 Å². The molecular weight excluding hydrogens is 355 g/mol. The number of fused-ring (bicyclic) bond motifs is 1. The number of hydrogen-bond acceptors (Lipinski definition) is 2. The van der Waals surface area contributed by atoms with Gasteiger partial charge in [0, 0.05) is 30.3 Å². The molecule has 0 radical (unpaired) electrons. The van der Waals surface area contributed by atoms with Crippen molar-refractivity contribution in [2.45, 2.75) is 18.9 Å². The molecule has 5 heteroatoms. The molecule has 4 rings (SSSR count). The van der Waals surface area contributed by atoms with Crippen molar-refractivity contribution in [3.63, 3.8) is 0 Å². The van der Waals surface area contributed by atoms with E-state index in [9.17, 15) is 14.0 Å². The second-order valence-electron chi connectivity index (χ2n) is 7.07. The normalized spacial score (nSPS) is 14.8. The average molecular weight is 376 g/mol. The zero-order chi connectivity index (χ0) is 19.5. The Labute approximate surface area is 163 Å². The van der Waals surface area contributed by atoms with Crippen LogP contribution in [0.1, 0.15) is 33.6 Å². The molecule has 1 heterocycles. The number of piperidine rings is 1. The van der Waals surface area contributed by atoms with Crippen molar-refractivity contribution >= 4 is 22.6 Å². The van der Waals surface area contributed by atoms with Gasteiger partial charge in [-0.2, -0.15) is 0 Å². The van der Waals surface area contributed by atoms with Gasteiger partial charge < -0.3 is 10.2 Å². The summed E-state index contributed by atoms with van der Waals surface area (Å²) in [5.41, 5.74) is 1.16. The van der Waals surface area contributed by atoms with Gasteiger partial charge in [0.1, 0.15) is 5.82 Å². The number of likely N-dealkylation sites (tertiary alicyclic amines) is 1. The van der Waals surface area contributed by atoms with Crippen LogP contribution in [-0.4, -0.2) is 35.8 Å². The molecule has 142 valence electrons. The highest BCUT2D eigenvalue weighted by molar-refractivity contribution is 6.07. The third-order valence-corrected chi connectivity index (χ3v) is 5.24. The number of nitrogens with zero attached hydrogens (tertiary/aromatic N) is 1. The van der Waals surface area contributed by atoms with Crippen LogP contribution in [0.3, 0.4) is 0 Å². The van der Waals surface area contributed by atoms with Gasteiger partial charge in [0.15, 0.2) is 0 Å². The zero-order valence-corrected chi connectivity index (χ0v) is 15.4. The maximum atomic E-state index is 13.0. The fourth-order valence-electron chi connectivity index (χ4n) is 3.68. The van der Waals surface area contributed by atoms with Crippen LogP contribution in [0, 0.1) is 5.82 Å². The Bertz CT molecular complexity index is 1000. The Morgan fingerprint density at radius 2 is 1.57 bits per heavy atom. The second kappa shape index (κ2) is 7.80. The van der Waals surface area contributed by atoms with Gasteiger partial charge in [0.2, 0.25) is 0 Å². The molecule has 1 N–H and O–H groups in total. The maximum Gasteiger partial charge on any atom is 0.254 e. The molecule has 0 bridgehead atoms. The van der Waals surface area contributed by atoms with Crippen LogP contribution in [0.15, 0.2) is 66.7 Å². The lowest BCUT2D eigenvalue weighted by molar-refractivity contribution is 0.0700. The van der Waals surface area contributed by atoms with Crippen molar-refractivity contribution in [3.8, 4) is 0 Å². The molecule has 4 nitrogen and oxygen atoms in total. The summed E-state index contributed by atoms with van der Waals surface area (Å²) in [6.45, 7) is 1.19. The number of amides is 2. The lowest BCUT2D eigenvalue weighted by Crippen LogP contribution is -2.46. The molecule has 3 aromatic carbocycles. The summed E-state index contributed by atoms with van der Waals surface area (Å²) in [6, 6.07) is 19.2. The van der Waals surface area contributed by atoms with Gasteiger partial charge in [-0.25, -0.2) is 4.39 Å². The number of carbonyl (C=O) groups is 2. The first-order valence-electron chi connectivity index (χ1n) is 9.45. The minimum absolute atomic E-state index is 0.00844. The molecule has 1 aliphatic heterocycles. The molecule has 2 amide bonds. The predicted molar refractivity (Wildman–Crippen MR) is 107 cm³/mol. The van der Waals surface area contributed by atoms with Gasteiger partial charge >= 0.3 is 0 Å². The van der Waals surface area contributed by atoms with E-state index in [0.717, 1.165) is 10.8 Å². The molecule has 0 spiro atoms. The summed E-state index contributed by atoms with van der Waals surface area (Å²) >= 11 is 0. The van der Waals surface area contributed by atoms with Gasteiger partial charge in [0.25, 0.3) is 11.8 Å². The number of rotatable bonds is 3. The largest absolute Gasteiger partial charge is 0.349 e. The highest BCUT2D eigenvalue weighted by atomic mass is 19.1. The Kier molecular flexibility index (Phi) is 5.06. The first kappa shape index (κ1) is 18.2. The van der Waals surface area contributed by atoms with Crippen molar-refractivity contribution in [3.05, 3.63) is 83.7 Å². The van der Waals surface area contributed by atoms with E-state index >= 15 is 0 Å². The van der Waals surface area contributed by atoms with Crippen molar-refractivity contribution in [2.75, 3.05) is 13.1 Å². The molecule has 0 aromatic heterocycles. The molecule has 1 aliphatic rings. The van der Waals surface area contributed by atoms with E-state index in [4.69, 9.17) is 0 Å². The van der Waals surface area contributed by atoms with Gasteiger partial charge in [0.05, 0.1) is 0 Å². The van der Waals surface area contributed by atoms with Crippen LogP contribution in [0.4, 0.5) is 4.39 Å². The van der Waals surface area contributed by atoms with Crippen molar-refractivity contribution in [2.24, 2.45) is 0 Å². The minimum Gasteiger partial charge on any atom is -0.349 e. The van der Waals surface area contributed by atoms with Crippen molar-refractivity contribution in [1.82, 2.24) is 10.2 Å². The topological polar surface area (TPSA) is 49.4 Å². The maximum absolute atomic E-state index is 13.0. The van der Waals surface area contributed by atoms with Gasteiger partial charge in [-0.15, -0.1) is 0 Å². The molecular formula is C23H21FN2O2. The van der Waals surface area contributed by atoms with E-state index in [1.807, 2.05) is 47.4 Å². The lowest BCUT2D eigenvalue weighted by Gasteiger charge is -2.32. The molecule has 0 atom stereocenters. The summed E-state index contributed by atoms with van der Waals surface area (Å²) in [6.07, 6.45) is 1.40. The van der Waals surface area contributed by atoms with Crippen LogP contribution >= 0.6 is 0 Å². The average Bonchev–Trinajstić information content (AvgIpc) is 2.74. The molecule has 0 saturated carbocycles. The third kappa shape index (κ3) is 3.74. The summed E-state index contributed by atoms with van der Waals surface area (Å²) in [7, 11) is 0. The first-order chi connectivity index (χ1) is 13.6. The fourth-order valence-corrected chi connectivity index (χ4v) is 3.68. The third-order valence-electron chi connectivity index (χ3n) is 5.24. The van der Waals surface area contributed by atoms with Gasteiger partial charge in [-0.1, -0.05) is 36.4 Å². The van der Waals surface area contributed by atoms with Crippen molar-refractivity contribution < 1.29 is 14.0 Å². The molecule has 28 heavy (non-hydrogen) atoms. The molecule has 1 saturated heterocycles. The fraction of sp³-hybridized carbons (Fsp3) is 0.217. The Morgan fingerprint density at radius 3 is 2.32 bits per heavy atom. The van der Waals surface area contributed by atoms with E-state index in [0.29, 0.717) is 37.1 Å². The predicted octanol–water partition coefficient (Wildman–Crippen LogP) is 4.01. The second-order valence-corrected chi connectivity index (χ2v) is 7.07. The highest BCUT2D eigenvalue weighted by Gasteiger charge is 2.25. The Balaban J connectivity index is 1.39. The number of hydrogen-bond donors (Lipinski definition) is 1. The van der Waals surface area contributed by atoms with E-state index < -0.39 is 0 Å². The van der Waals surface area contributed by atoms with Crippen LogP contribution < -0.4 is 5.32 Å². The van der Waals surface area contributed by atoms with E-state index in [2.05, 4.69) is 5.32 Å². The van der Waals surface area contributed by atoms with Gasteiger partial charge in [-0.05, 0) is 53.9 Å². The molecule has 1 fully saturated rings. The van der Waals surface area contributed by atoms with E-state index in [1.165, 1.54) is 24.3 Å². The van der Waals surface area contributed by atoms with Crippen LogP contribution in [0.25, 0.3) is 10.8 Å². The molecule has 0 unspecified atom stereocenters. The lowest BCUT2D eigenvalue weighted by atomic mass is 10.0. The first-order valence-corrected chi connectivity index (χ1v) is 9.45. The van der Waals surface area contributed by atoms with Crippen LogP contribution in [-0.2, 0) is 0 Å².